The standard InChI is InChI=1S/C22H21ClF2N4O2S/c1-13(21(30)26-19-9-8-16(25)11-18(19)23)32-22-28-27-20(14-4-6-15(24)7-5-14)29(22)12-17-3-2-10-31-17/h4-9,11,13,17H,2-3,10,12H2,1H3,(H,26,30)/t13-,17-/m0/s1. The number of carbonyl (C=O) groups excluding carboxylic acids is 1. The number of aromatic nitrogens is 3. The third kappa shape index (κ3) is 5.28. The quantitative estimate of drug-likeness (QED) is 0.474. The molecule has 6 nitrogen and oxygen atoms in total. The van der Waals surface area contributed by atoms with Crippen LogP contribution in [0.15, 0.2) is 47.6 Å². The van der Waals surface area contributed by atoms with Crippen LogP contribution < -0.4 is 5.32 Å². The van der Waals surface area contributed by atoms with E-state index in [9.17, 15) is 13.6 Å². The van der Waals surface area contributed by atoms with Crippen LogP contribution in [0.2, 0.25) is 5.02 Å². The first kappa shape index (κ1) is 22.7. The maximum atomic E-state index is 13.4. The third-order valence-electron chi connectivity index (χ3n) is 5.07. The van der Waals surface area contributed by atoms with E-state index in [1.54, 1.807) is 19.1 Å². The summed E-state index contributed by atoms with van der Waals surface area (Å²) in [6, 6.07) is 9.82. The predicted octanol–water partition coefficient (Wildman–Crippen LogP) is 5.18. The van der Waals surface area contributed by atoms with Crippen LogP contribution >= 0.6 is 23.4 Å². The van der Waals surface area contributed by atoms with Crippen molar-refractivity contribution in [3.8, 4) is 11.4 Å². The van der Waals surface area contributed by atoms with Gasteiger partial charge in [0.1, 0.15) is 11.6 Å². The summed E-state index contributed by atoms with van der Waals surface area (Å²) in [6.45, 7) is 2.97. The average molecular weight is 479 g/mol. The Labute approximate surface area is 193 Å². The molecule has 1 fully saturated rings. The van der Waals surface area contributed by atoms with Crippen LogP contribution in [0.5, 0.6) is 0 Å². The Morgan fingerprint density at radius 1 is 1.25 bits per heavy atom. The van der Waals surface area contributed by atoms with Crippen LogP contribution in [0, 0.1) is 11.6 Å². The van der Waals surface area contributed by atoms with Crippen molar-refractivity contribution in [1.29, 1.82) is 0 Å². The van der Waals surface area contributed by atoms with E-state index in [2.05, 4.69) is 15.5 Å². The second-order valence-electron chi connectivity index (χ2n) is 7.43. The van der Waals surface area contributed by atoms with Gasteiger partial charge in [-0.15, -0.1) is 10.2 Å². The van der Waals surface area contributed by atoms with Gasteiger partial charge in [-0.05, 0) is 62.2 Å². The predicted molar refractivity (Wildman–Crippen MR) is 120 cm³/mol. The molecule has 10 heteroatoms. The van der Waals surface area contributed by atoms with Crippen molar-refractivity contribution in [2.75, 3.05) is 11.9 Å². The first-order chi connectivity index (χ1) is 15.4. The highest BCUT2D eigenvalue weighted by Crippen LogP contribution is 2.30. The van der Waals surface area contributed by atoms with Crippen LogP contribution in [0.25, 0.3) is 11.4 Å². The van der Waals surface area contributed by atoms with Crippen molar-refractivity contribution < 1.29 is 18.3 Å². The van der Waals surface area contributed by atoms with E-state index in [4.69, 9.17) is 16.3 Å². The molecule has 0 unspecified atom stereocenters. The number of nitrogens with one attached hydrogen (secondary N) is 1. The molecule has 32 heavy (non-hydrogen) atoms. The zero-order chi connectivity index (χ0) is 22.7. The van der Waals surface area contributed by atoms with Crippen molar-refractivity contribution in [1.82, 2.24) is 14.8 Å². The van der Waals surface area contributed by atoms with Crippen molar-refractivity contribution in [3.63, 3.8) is 0 Å². The summed E-state index contributed by atoms with van der Waals surface area (Å²) < 4.78 is 34.3. The molecule has 4 rings (SSSR count). The zero-order valence-electron chi connectivity index (χ0n) is 17.2. The number of amides is 1. The van der Waals surface area contributed by atoms with Crippen molar-refractivity contribution in [2.24, 2.45) is 0 Å². The lowest BCUT2D eigenvalue weighted by Gasteiger charge is -2.17. The monoisotopic (exact) mass is 478 g/mol. The Morgan fingerprint density at radius 2 is 2.00 bits per heavy atom. The number of hydrogen-bond acceptors (Lipinski definition) is 5. The van der Waals surface area contributed by atoms with Gasteiger partial charge in [-0.1, -0.05) is 23.4 Å². The van der Waals surface area contributed by atoms with E-state index in [0.717, 1.165) is 24.5 Å². The van der Waals surface area contributed by atoms with Crippen LogP contribution in [0.1, 0.15) is 19.8 Å². The lowest BCUT2D eigenvalue weighted by atomic mass is 10.2. The number of rotatable bonds is 7. The molecule has 0 radical (unpaired) electrons. The van der Waals surface area contributed by atoms with E-state index >= 15 is 0 Å². The number of hydrogen-bond donors (Lipinski definition) is 1. The van der Waals surface area contributed by atoms with E-state index in [1.165, 1.54) is 36.0 Å². The van der Waals surface area contributed by atoms with Crippen molar-refractivity contribution in [2.45, 2.75) is 42.8 Å². The van der Waals surface area contributed by atoms with E-state index in [1.807, 2.05) is 4.57 Å². The molecule has 2 heterocycles. The summed E-state index contributed by atoms with van der Waals surface area (Å²) in [7, 11) is 0. The summed E-state index contributed by atoms with van der Waals surface area (Å²) in [5, 5.41) is 11.4. The fourth-order valence-electron chi connectivity index (χ4n) is 3.38. The van der Waals surface area contributed by atoms with E-state index in [0.29, 0.717) is 29.8 Å². The third-order valence-corrected chi connectivity index (χ3v) is 6.46. The SMILES string of the molecule is C[C@H](Sc1nnc(-c2ccc(F)cc2)n1C[C@@H]1CCCO1)C(=O)Nc1ccc(F)cc1Cl. The van der Waals surface area contributed by atoms with Gasteiger partial charge in [-0.25, -0.2) is 8.78 Å². The number of nitrogens with zero attached hydrogens (tertiary/aromatic N) is 3. The van der Waals surface area contributed by atoms with Gasteiger partial charge < -0.3 is 10.1 Å². The molecule has 0 aliphatic carbocycles. The molecule has 3 aromatic rings. The smallest absolute Gasteiger partial charge is 0.237 e. The molecule has 1 aromatic heterocycles. The number of ether oxygens (including phenoxy) is 1. The molecule has 168 valence electrons. The first-order valence-electron chi connectivity index (χ1n) is 10.1. The van der Waals surface area contributed by atoms with Gasteiger partial charge in [0.2, 0.25) is 5.91 Å². The number of anilines is 1. The van der Waals surface area contributed by atoms with Gasteiger partial charge >= 0.3 is 0 Å². The summed E-state index contributed by atoms with van der Waals surface area (Å²) in [5.74, 6) is -0.542. The molecule has 1 aliphatic rings. The minimum atomic E-state index is -0.537. The van der Waals surface area contributed by atoms with Gasteiger partial charge in [0.25, 0.3) is 0 Å². The van der Waals surface area contributed by atoms with Crippen molar-refractivity contribution >= 4 is 35.0 Å². The van der Waals surface area contributed by atoms with E-state index in [-0.39, 0.29) is 22.9 Å². The molecule has 1 amide bonds. The molecule has 2 atom stereocenters. The van der Waals surface area contributed by atoms with Gasteiger partial charge in [0.05, 0.1) is 28.6 Å². The first-order valence-corrected chi connectivity index (χ1v) is 11.4. The van der Waals surface area contributed by atoms with E-state index < -0.39 is 11.1 Å². The van der Waals surface area contributed by atoms with Gasteiger partial charge in [0.15, 0.2) is 11.0 Å². The molecule has 1 N–H and O–H groups in total. The molecule has 0 bridgehead atoms. The summed E-state index contributed by atoms with van der Waals surface area (Å²) in [4.78, 5) is 12.7. The minimum Gasteiger partial charge on any atom is -0.376 e. The lowest BCUT2D eigenvalue weighted by Crippen LogP contribution is -2.24. The molecule has 1 saturated heterocycles. The van der Waals surface area contributed by atoms with Gasteiger partial charge in [0, 0.05) is 12.2 Å². The zero-order valence-corrected chi connectivity index (χ0v) is 18.8. The average Bonchev–Trinajstić information content (AvgIpc) is 3.41. The number of carbonyl (C=O) groups is 1. The van der Waals surface area contributed by atoms with Gasteiger partial charge in [-0.2, -0.15) is 0 Å². The maximum absolute atomic E-state index is 13.4. The topological polar surface area (TPSA) is 69.0 Å². The second-order valence-corrected chi connectivity index (χ2v) is 9.15. The highest BCUT2D eigenvalue weighted by molar-refractivity contribution is 8.00. The summed E-state index contributed by atoms with van der Waals surface area (Å²) >= 11 is 7.25. The molecule has 2 aromatic carbocycles. The highest BCUT2D eigenvalue weighted by Gasteiger charge is 2.25. The fourth-order valence-corrected chi connectivity index (χ4v) is 4.45. The lowest BCUT2D eigenvalue weighted by molar-refractivity contribution is -0.115. The summed E-state index contributed by atoms with van der Waals surface area (Å²) in [6.07, 6.45) is 1.93. The maximum Gasteiger partial charge on any atom is 0.237 e. The molecule has 1 aliphatic heterocycles. The fraction of sp³-hybridized carbons (Fsp3) is 0.318. The number of halogens is 3. The Bertz CT molecular complexity index is 1100. The highest BCUT2D eigenvalue weighted by atomic mass is 35.5. The summed E-state index contributed by atoms with van der Waals surface area (Å²) in [5.41, 5.74) is 1.05. The normalized spacial score (nSPS) is 16.8. The van der Waals surface area contributed by atoms with Crippen LogP contribution in [-0.2, 0) is 16.1 Å². The van der Waals surface area contributed by atoms with Crippen LogP contribution in [0.4, 0.5) is 14.5 Å². The Morgan fingerprint density at radius 3 is 2.69 bits per heavy atom. The van der Waals surface area contributed by atoms with Crippen LogP contribution in [0.3, 0.4) is 0 Å². The van der Waals surface area contributed by atoms with Gasteiger partial charge in [-0.3, -0.25) is 9.36 Å². The van der Waals surface area contributed by atoms with Crippen molar-refractivity contribution in [3.05, 3.63) is 59.1 Å². The Hall–Kier alpha value is -2.49. The minimum absolute atomic E-state index is 0.0201. The molecule has 0 saturated carbocycles. The van der Waals surface area contributed by atoms with Crippen LogP contribution in [-0.4, -0.2) is 38.6 Å². The largest absolute Gasteiger partial charge is 0.376 e. The Balaban J connectivity index is 1.55. The molecule has 0 spiro atoms. The molecular formula is C22H21ClF2N4O2S. The number of thioether (sulfide) groups is 1. The Kier molecular flexibility index (Phi) is 7.07. The number of benzene rings is 2. The second kappa shape index (κ2) is 9.97. The molecular weight excluding hydrogens is 458 g/mol.